The molecule has 1 rings (SSSR count). The average molecular weight is 227 g/mol. The zero-order valence-electron chi connectivity index (χ0n) is 11.7. The zero-order valence-corrected chi connectivity index (χ0v) is 11.7. The number of β-amino-alcohol motifs (C(OH)–C–C–N with tert-alkyl or cyclic N) is 1. The maximum Gasteiger partial charge on any atom is 0.0715 e. The summed E-state index contributed by atoms with van der Waals surface area (Å²) >= 11 is 0. The highest BCUT2D eigenvalue weighted by atomic mass is 16.3. The maximum absolute atomic E-state index is 10.1. The highest BCUT2D eigenvalue weighted by molar-refractivity contribution is 4.84. The summed E-state index contributed by atoms with van der Waals surface area (Å²) in [4.78, 5) is 2.42. The lowest BCUT2D eigenvalue weighted by molar-refractivity contribution is 0.00902. The van der Waals surface area contributed by atoms with E-state index in [0.717, 1.165) is 19.6 Å². The van der Waals surface area contributed by atoms with Gasteiger partial charge in [-0.2, -0.15) is 0 Å². The normalized spacial score (nSPS) is 24.4. The molecule has 1 N–H and O–H groups in total. The van der Waals surface area contributed by atoms with E-state index in [2.05, 4.69) is 39.5 Å². The molecule has 0 aliphatic carbocycles. The van der Waals surface area contributed by atoms with Crippen molar-refractivity contribution in [2.24, 2.45) is 10.8 Å². The first kappa shape index (κ1) is 14.0. The summed E-state index contributed by atoms with van der Waals surface area (Å²) in [5, 5.41) is 10.1. The first-order valence-electron chi connectivity index (χ1n) is 6.67. The Hall–Kier alpha value is -0.0800. The molecule has 0 saturated carbocycles. The molecule has 0 aromatic carbocycles. The van der Waals surface area contributed by atoms with Crippen molar-refractivity contribution in [3.8, 4) is 0 Å². The summed E-state index contributed by atoms with van der Waals surface area (Å²) in [7, 11) is 0. The molecule has 0 bridgehead atoms. The molecule has 1 heterocycles. The molecule has 0 amide bonds. The molecule has 0 aromatic rings. The van der Waals surface area contributed by atoms with Crippen LogP contribution < -0.4 is 0 Å². The summed E-state index contributed by atoms with van der Waals surface area (Å²) < 4.78 is 0. The van der Waals surface area contributed by atoms with Crippen LogP contribution in [0, 0.1) is 10.8 Å². The average Bonchev–Trinajstić information content (AvgIpc) is 2.20. The molecule has 96 valence electrons. The molecule has 1 saturated heterocycles. The molecular weight excluding hydrogens is 198 g/mol. The SMILES string of the molecule is CCC1(C)CCN(CC(O)C(C)(C)C)CC1. The van der Waals surface area contributed by atoms with Crippen LogP contribution in [0.15, 0.2) is 0 Å². The molecule has 1 unspecified atom stereocenters. The molecule has 2 nitrogen and oxygen atoms in total. The quantitative estimate of drug-likeness (QED) is 0.801. The summed E-state index contributed by atoms with van der Waals surface area (Å²) in [5.74, 6) is 0. The van der Waals surface area contributed by atoms with E-state index < -0.39 is 0 Å². The van der Waals surface area contributed by atoms with Crippen molar-refractivity contribution in [1.29, 1.82) is 0 Å². The Labute approximate surface area is 101 Å². The van der Waals surface area contributed by atoms with Crippen LogP contribution in [-0.4, -0.2) is 35.7 Å². The largest absolute Gasteiger partial charge is 0.391 e. The van der Waals surface area contributed by atoms with Crippen LogP contribution in [0.4, 0.5) is 0 Å². The second kappa shape index (κ2) is 5.05. The summed E-state index contributed by atoms with van der Waals surface area (Å²) in [6, 6.07) is 0. The lowest BCUT2D eigenvalue weighted by Crippen LogP contribution is -2.45. The van der Waals surface area contributed by atoms with Crippen molar-refractivity contribution < 1.29 is 5.11 Å². The predicted molar refractivity (Wildman–Crippen MR) is 69.5 cm³/mol. The van der Waals surface area contributed by atoms with Crippen LogP contribution in [0.5, 0.6) is 0 Å². The van der Waals surface area contributed by atoms with Gasteiger partial charge in [-0.3, -0.25) is 0 Å². The van der Waals surface area contributed by atoms with Gasteiger partial charge in [-0.15, -0.1) is 0 Å². The number of aliphatic hydroxyl groups is 1. The summed E-state index contributed by atoms with van der Waals surface area (Å²) in [6.45, 7) is 14.1. The Bertz CT molecular complexity index is 211. The molecular formula is C14H29NO. The second-order valence-electron chi connectivity index (χ2n) is 6.85. The zero-order chi connectivity index (χ0) is 12.4. The third-order valence-electron chi connectivity index (χ3n) is 4.35. The molecule has 2 heteroatoms. The van der Waals surface area contributed by atoms with E-state index in [-0.39, 0.29) is 11.5 Å². The van der Waals surface area contributed by atoms with Crippen molar-refractivity contribution in [1.82, 2.24) is 4.90 Å². The van der Waals surface area contributed by atoms with Gasteiger partial charge in [0.1, 0.15) is 0 Å². The number of hydrogen-bond donors (Lipinski definition) is 1. The standard InChI is InChI=1S/C14H29NO/c1-6-14(5)7-9-15(10-8-14)11-12(16)13(2,3)4/h12,16H,6-11H2,1-5H3. The molecule has 0 spiro atoms. The minimum atomic E-state index is -0.210. The van der Waals surface area contributed by atoms with Gasteiger partial charge < -0.3 is 10.0 Å². The van der Waals surface area contributed by atoms with Crippen LogP contribution in [0.3, 0.4) is 0 Å². The van der Waals surface area contributed by atoms with Crippen molar-refractivity contribution in [3.05, 3.63) is 0 Å². The molecule has 0 aromatic heterocycles. The summed E-state index contributed by atoms with van der Waals surface area (Å²) in [6.07, 6.45) is 3.63. The fourth-order valence-electron chi connectivity index (χ4n) is 2.15. The number of hydrogen-bond acceptors (Lipinski definition) is 2. The lowest BCUT2D eigenvalue weighted by atomic mass is 9.78. The Kier molecular flexibility index (Phi) is 4.42. The minimum absolute atomic E-state index is 0.00546. The van der Waals surface area contributed by atoms with E-state index in [0.29, 0.717) is 5.41 Å². The molecule has 1 aliphatic heterocycles. The van der Waals surface area contributed by atoms with Crippen molar-refractivity contribution in [3.63, 3.8) is 0 Å². The van der Waals surface area contributed by atoms with E-state index in [9.17, 15) is 5.11 Å². The van der Waals surface area contributed by atoms with E-state index >= 15 is 0 Å². The topological polar surface area (TPSA) is 23.5 Å². The molecule has 16 heavy (non-hydrogen) atoms. The molecule has 1 atom stereocenters. The number of nitrogens with zero attached hydrogens (tertiary/aromatic N) is 1. The van der Waals surface area contributed by atoms with Crippen LogP contribution in [0.25, 0.3) is 0 Å². The van der Waals surface area contributed by atoms with E-state index in [1.165, 1.54) is 19.3 Å². The first-order chi connectivity index (χ1) is 7.27. The Morgan fingerprint density at radius 1 is 1.25 bits per heavy atom. The molecule has 1 aliphatic rings. The van der Waals surface area contributed by atoms with Crippen molar-refractivity contribution in [2.75, 3.05) is 19.6 Å². The number of likely N-dealkylation sites (tertiary alicyclic amines) is 1. The number of aliphatic hydroxyl groups excluding tert-OH is 1. The number of rotatable bonds is 3. The van der Waals surface area contributed by atoms with Gasteiger partial charge >= 0.3 is 0 Å². The van der Waals surface area contributed by atoms with E-state index in [1.807, 2.05) is 0 Å². The van der Waals surface area contributed by atoms with Gasteiger partial charge in [0.15, 0.2) is 0 Å². The van der Waals surface area contributed by atoms with Gasteiger partial charge in [0, 0.05) is 6.54 Å². The van der Waals surface area contributed by atoms with E-state index in [1.54, 1.807) is 0 Å². The van der Waals surface area contributed by atoms with Crippen molar-refractivity contribution in [2.45, 2.75) is 60.0 Å². The third-order valence-corrected chi connectivity index (χ3v) is 4.35. The van der Waals surface area contributed by atoms with Gasteiger partial charge in [-0.05, 0) is 36.8 Å². The van der Waals surface area contributed by atoms with Crippen LogP contribution >= 0.6 is 0 Å². The van der Waals surface area contributed by atoms with Crippen LogP contribution in [-0.2, 0) is 0 Å². The molecule has 0 radical (unpaired) electrons. The first-order valence-corrected chi connectivity index (χ1v) is 6.67. The van der Waals surface area contributed by atoms with Crippen LogP contribution in [0.2, 0.25) is 0 Å². The van der Waals surface area contributed by atoms with Gasteiger partial charge in [-0.25, -0.2) is 0 Å². The van der Waals surface area contributed by atoms with Crippen LogP contribution in [0.1, 0.15) is 53.9 Å². The predicted octanol–water partition coefficient (Wildman–Crippen LogP) is 2.91. The Morgan fingerprint density at radius 2 is 1.75 bits per heavy atom. The lowest BCUT2D eigenvalue weighted by Gasteiger charge is -2.41. The highest BCUT2D eigenvalue weighted by Gasteiger charge is 2.31. The Balaban J connectivity index is 2.38. The van der Waals surface area contributed by atoms with Gasteiger partial charge in [0.25, 0.3) is 0 Å². The fraction of sp³-hybridized carbons (Fsp3) is 1.00. The van der Waals surface area contributed by atoms with Gasteiger partial charge in [-0.1, -0.05) is 41.0 Å². The highest BCUT2D eigenvalue weighted by Crippen LogP contribution is 2.34. The fourth-order valence-corrected chi connectivity index (χ4v) is 2.15. The molecule has 1 fully saturated rings. The maximum atomic E-state index is 10.1. The van der Waals surface area contributed by atoms with Gasteiger partial charge in [0.2, 0.25) is 0 Å². The Morgan fingerprint density at radius 3 is 2.12 bits per heavy atom. The monoisotopic (exact) mass is 227 g/mol. The smallest absolute Gasteiger partial charge is 0.0715 e. The third kappa shape index (κ3) is 3.74. The summed E-state index contributed by atoms with van der Waals surface area (Å²) in [5.41, 5.74) is 0.550. The van der Waals surface area contributed by atoms with Gasteiger partial charge in [0.05, 0.1) is 6.10 Å². The minimum Gasteiger partial charge on any atom is -0.391 e. The van der Waals surface area contributed by atoms with Crippen molar-refractivity contribution >= 4 is 0 Å². The number of piperidine rings is 1. The second-order valence-corrected chi connectivity index (χ2v) is 6.85. The van der Waals surface area contributed by atoms with E-state index in [4.69, 9.17) is 0 Å².